The Bertz CT molecular complexity index is 790. The summed E-state index contributed by atoms with van der Waals surface area (Å²) in [4.78, 5) is 11.5. The molecule has 9 heteroatoms. The Morgan fingerprint density at radius 2 is 1.46 bits per heavy atom. The van der Waals surface area contributed by atoms with E-state index in [0.29, 0.717) is 0 Å². The predicted octanol–water partition coefficient (Wildman–Crippen LogP) is 0.0690. The summed E-state index contributed by atoms with van der Waals surface area (Å²) in [5.41, 5.74) is -4.77. The second kappa shape index (κ2) is 8.58. The van der Waals surface area contributed by atoms with Crippen LogP contribution in [0.25, 0.3) is 0 Å². The van der Waals surface area contributed by atoms with Crippen LogP contribution in [0.3, 0.4) is 0 Å². The predicted molar refractivity (Wildman–Crippen MR) is 76.0 cm³/mol. The van der Waals surface area contributed by atoms with E-state index in [9.17, 15) is 18.0 Å². The lowest BCUT2D eigenvalue weighted by molar-refractivity contribution is -0.597. The maximum Gasteiger partial charge on any atom is 0.485 e. The second-order valence-corrected chi connectivity index (χ2v) is 8.64. The van der Waals surface area contributed by atoms with Gasteiger partial charge in [-0.15, -0.1) is 0 Å². The summed E-state index contributed by atoms with van der Waals surface area (Å²) in [5, 5.41) is 0. The van der Waals surface area contributed by atoms with Crippen molar-refractivity contribution in [1.29, 1.82) is 0 Å². The van der Waals surface area contributed by atoms with E-state index in [2.05, 4.69) is 18.2 Å². The smallest absolute Gasteiger partial charge is 0.485 e. The molecule has 4 nitrogen and oxygen atoms in total. The third-order valence-electron chi connectivity index (χ3n) is 2.48. The summed E-state index contributed by atoms with van der Waals surface area (Å²) in [7, 11) is -6.09. The summed E-state index contributed by atoms with van der Waals surface area (Å²) >= 11 is -0.247. The van der Waals surface area contributed by atoms with E-state index in [1.165, 1.54) is 7.14 Å². The maximum absolute atomic E-state index is 11.5. The van der Waals surface area contributed by atoms with Crippen LogP contribution in [0.2, 0.25) is 0 Å². The summed E-state index contributed by atoms with van der Waals surface area (Å²) in [6, 6.07) is 18.3. The zero-order chi connectivity index (χ0) is 18.4. The molecule has 2 rings (SSSR count). The van der Waals surface area contributed by atoms with Gasteiger partial charge in [0.05, 0.1) is 5.56 Å². The number of hydrogen-bond donors (Lipinski definition) is 0. The highest BCUT2D eigenvalue weighted by molar-refractivity contribution is 7.86. The van der Waals surface area contributed by atoms with Gasteiger partial charge in [0.25, 0.3) is 0 Å². The minimum absolute atomic E-state index is 0.159. The van der Waals surface area contributed by atoms with Crippen molar-refractivity contribution in [2.45, 2.75) is 12.4 Å². The average molecular weight is 472 g/mol. The van der Waals surface area contributed by atoms with Crippen LogP contribution in [-0.2, 0) is 10.1 Å². The third kappa shape index (κ3) is 6.57. The minimum Gasteiger partial charge on any atom is -0.741 e. The molecule has 2 aromatic carbocycles. The van der Waals surface area contributed by atoms with Gasteiger partial charge in [-0.2, -0.15) is 13.2 Å². The number of Topliss-reactive ketones (excluding diaryl/α,β-unsaturated/α-hetero) is 1. The number of ketones is 1. The Morgan fingerprint density at radius 1 is 1.00 bits per heavy atom. The number of benzene rings is 2. The molecule has 0 amide bonds. The molecule has 2 aromatic rings. The van der Waals surface area contributed by atoms with Gasteiger partial charge in [0.2, 0.25) is 3.57 Å². The van der Waals surface area contributed by atoms with E-state index >= 15 is 0 Å². The van der Waals surface area contributed by atoms with Gasteiger partial charge in [0.1, 0.15) is 0 Å². The molecule has 0 radical (unpaired) electrons. The third-order valence-corrected chi connectivity index (χ3v) is 5.91. The first-order valence-electron chi connectivity index (χ1n) is 6.34. The van der Waals surface area contributed by atoms with Crippen molar-refractivity contribution in [3.8, 4) is 0 Å². The first-order chi connectivity index (χ1) is 11.0. The van der Waals surface area contributed by atoms with E-state index in [4.69, 9.17) is 13.0 Å². The van der Waals surface area contributed by atoms with Crippen LogP contribution in [0, 0.1) is 7.14 Å². The van der Waals surface area contributed by atoms with Crippen molar-refractivity contribution in [1.82, 2.24) is 0 Å². The van der Waals surface area contributed by atoms with Crippen LogP contribution < -0.4 is 21.2 Å². The van der Waals surface area contributed by atoms with Gasteiger partial charge in [-0.1, -0.05) is 30.3 Å². The molecule has 0 aromatic heterocycles. The standard InChI is InChI=1S/C14H12IO.CHF3O3S/c1-11(16)13-9-5-6-10-14(13)15-12-7-3-2-4-8-12;2-1(3,4)8(5,6)7/h2-10H,1H3;(H,5,6,7)/q+1;/p-1. The van der Waals surface area contributed by atoms with Crippen molar-refractivity contribution in [2.24, 2.45) is 0 Å². The van der Waals surface area contributed by atoms with Crippen LogP contribution in [0.1, 0.15) is 17.3 Å². The van der Waals surface area contributed by atoms with Crippen molar-refractivity contribution in [3.05, 3.63) is 67.3 Å². The van der Waals surface area contributed by atoms with E-state index in [0.717, 1.165) is 5.56 Å². The molecule has 0 N–H and O–H groups in total. The molecular weight excluding hydrogens is 460 g/mol. The highest BCUT2D eigenvalue weighted by Crippen LogP contribution is 2.20. The lowest BCUT2D eigenvalue weighted by atomic mass is 10.2. The van der Waals surface area contributed by atoms with Gasteiger partial charge in [0.15, 0.2) is 19.5 Å². The molecule has 24 heavy (non-hydrogen) atoms. The molecule has 0 aliphatic rings. The van der Waals surface area contributed by atoms with Gasteiger partial charge in [-0.25, -0.2) is 8.42 Å². The zero-order valence-electron chi connectivity index (χ0n) is 12.2. The molecule has 0 heterocycles. The number of carbonyl (C=O) groups excluding carboxylic acids is 1. The Kier molecular flexibility index (Phi) is 7.36. The quantitative estimate of drug-likeness (QED) is 0.275. The van der Waals surface area contributed by atoms with Gasteiger partial charge in [0, 0.05) is 0 Å². The van der Waals surface area contributed by atoms with Gasteiger partial charge in [-0.3, -0.25) is 4.79 Å². The van der Waals surface area contributed by atoms with E-state index in [1.807, 2.05) is 36.4 Å². The topological polar surface area (TPSA) is 74.3 Å². The molecule has 130 valence electrons. The van der Waals surface area contributed by atoms with E-state index < -0.39 is 15.6 Å². The largest absolute Gasteiger partial charge is 0.741 e. The number of hydrogen-bond acceptors (Lipinski definition) is 4. The van der Waals surface area contributed by atoms with E-state index in [1.54, 1.807) is 6.92 Å². The summed E-state index contributed by atoms with van der Waals surface area (Å²) < 4.78 is 61.5. The fourth-order valence-electron chi connectivity index (χ4n) is 1.42. The van der Waals surface area contributed by atoms with Gasteiger partial charge < -0.3 is 4.55 Å². The van der Waals surface area contributed by atoms with Crippen LogP contribution in [0.15, 0.2) is 54.6 Å². The van der Waals surface area contributed by atoms with Crippen molar-refractivity contribution < 1.29 is 52.1 Å². The summed E-state index contributed by atoms with van der Waals surface area (Å²) in [6.45, 7) is 1.63. The number of carbonyl (C=O) groups is 1. The molecule has 0 saturated heterocycles. The first-order valence-corrected chi connectivity index (χ1v) is 9.91. The maximum atomic E-state index is 11.5. The SMILES string of the molecule is CC(=O)c1ccccc1[I+]c1ccccc1.O=S(=O)([O-])C(F)(F)F. The van der Waals surface area contributed by atoms with Crippen LogP contribution in [0.5, 0.6) is 0 Å². The van der Waals surface area contributed by atoms with Crippen LogP contribution >= 0.6 is 0 Å². The molecular formula is C15H12F3IO4S. The molecule has 0 fully saturated rings. The van der Waals surface area contributed by atoms with Crippen LogP contribution in [0.4, 0.5) is 13.2 Å². The fraction of sp³-hybridized carbons (Fsp3) is 0.133. The highest BCUT2D eigenvalue weighted by Gasteiger charge is 2.36. The number of alkyl halides is 3. The van der Waals surface area contributed by atoms with Crippen molar-refractivity contribution in [3.63, 3.8) is 0 Å². The lowest BCUT2D eigenvalue weighted by Gasteiger charge is -2.08. The van der Waals surface area contributed by atoms with Crippen LogP contribution in [-0.4, -0.2) is 24.3 Å². The van der Waals surface area contributed by atoms with Gasteiger partial charge >= 0.3 is 26.7 Å². The average Bonchev–Trinajstić information content (AvgIpc) is 2.47. The fourth-order valence-corrected chi connectivity index (χ4v) is 4.11. The van der Waals surface area contributed by atoms with Gasteiger partial charge in [-0.05, 0) is 31.2 Å². The molecule has 0 saturated carbocycles. The Labute approximate surface area is 147 Å². The Morgan fingerprint density at radius 3 is 1.92 bits per heavy atom. The van der Waals surface area contributed by atoms with Crippen molar-refractivity contribution in [2.75, 3.05) is 0 Å². The van der Waals surface area contributed by atoms with E-state index in [-0.39, 0.29) is 27.0 Å². The molecule has 0 aliphatic heterocycles. The Balaban J connectivity index is 0.000000307. The minimum atomic E-state index is -6.09. The lowest BCUT2D eigenvalue weighted by Crippen LogP contribution is -3.61. The molecule has 0 bridgehead atoms. The monoisotopic (exact) mass is 472 g/mol. The summed E-state index contributed by atoms with van der Waals surface area (Å²) in [6.07, 6.45) is 0. The molecule has 0 aliphatic carbocycles. The Hall–Kier alpha value is -1.46. The highest BCUT2D eigenvalue weighted by atomic mass is 127. The normalized spacial score (nSPS) is 11.4. The zero-order valence-corrected chi connectivity index (χ0v) is 15.2. The molecule has 0 atom stereocenters. The van der Waals surface area contributed by atoms with Crippen molar-refractivity contribution >= 4 is 15.9 Å². The molecule has 0 unspecified atom stereocenters. The summed E-state index contributed by atoms with van der Waals surface area (Å²) in [5.74, 6) is 0.159. The second-order valence-electron chi connectivity index (χ2n) is 4.33. The number of halogens is 4. The first kappa shape index (κ1) is 20.6. The molecule has 0 spiro atoms. The number of rotatable bonds is 3.